The number of benzene rings is 2. The fourth-order valence-corrected chi connectivity index (χ4v) is 3.09. The minimum Gasteiger partial charge on any atom is -0.508 e. The van der Waals surface area contributed by atoms with E-state index in [2.05, 4.69) is 6.92 Å². The first-order valence-electron chi connectivity index (χ1n) is 8.47. The first-order chi connectivity index (χ1) is 11.9. The summed E-state index contributed by atoms with van der Waals surface area (Å²) in [6.45, 7) is 2.20. The van der Waals surface area contributed by atoms with E-state index in [1.54, 1.807) is 12.1 Å². The zero-order chi connectivity index (χ0) is 18.3. The fourth-order valence-electron chi connectivity index (χ4n) is 2.56. The molecule has 6 heteroatoms. The first kappa shape index (κ1) is 19.3. The predicted octanol–water partition coefficient (Wildman–Crippen LogP) is 4.94. The van der Waals surface area contributed by atoms with Crippen molar-refractivity contribution in [1.29, 1.82) is 0 Å². The summed E-state index contributed by atoms with van der Waals surface area (Å²) in [4.78, 5) is -0.411. The molecule has 2 N–H and O–H groups in total. The van der Waals surface area contributed by atoms with Gasteiger partial charge < -0.3 is 9.84 Å². The summed E-state index contributed by atoms with van der Waals surface area (Å²) in [5.74, 6) is 0.371. The van der Waals surface area contributed by atoms with Crippen molar-refractivity contribution >= 4 is 10.1 Å². The van der Waals surface area contributed by atoms with Crippen LogP contribution in [0.3, 0.4) is 0 Å². The topological polar surface area (TPSA) is 83.8 Å². The Morgan fingerprint density at radius 1 is 0.920 bits per heavy atom. The largest absolute Gasteiger partial charge is 0.508 e. The maximum Gasteiger partial charge on any atom is 0.294 e. The van der Waals surface area contributed by atoms with E-state index in [4.69, 9.17) is 9.29 Å². The Bertz CT molecular complexity index is 782. The van der Waals surface area contributed by atoms with Crippen LogP contribution in [-0.4, -0.2) is 18.1 Å². The van der Waals surface area contributed by atoms with E-state index in [9.17, 15) is 13.5 Å². The quantitative estimate of drug-likeness (QED) is 0.486. The molecule has 0 saturated heterocycles. The van der Waals surface area contributed by atoms with E-state index in [1.165, 1.54) is 37.3 Å². The number of unbranched alkanes of at least 4 members (excludes halogenated alkanes) is 4. The van der Waals surface area contributed by atoms with Gasteiger partial charge in [-0.3, -0.25) is 4.55 Å². The van der Waals surface area contributed by atoms with Crippen molar-refractivity contribution in [2.24, 2.45) is 0 Å². The first-order valence-corrected chi connectivity index (χ1v) is 9.91. The average Bonchev–Trinajstić information content (AvgIpc) is 2.55. The lowest BCUT2D eigenvalue weighted by Gasteiger charge is -2.09. The number of aromatic hydroxyl groups is 1. The molecule has 0 heterocycles. The van der Waals surface area contributed by atoms with Gasteiger partial charge in [-0.25, -0.2) is 0 Å². The molecule has 25 heavy (non-hydrogen) atoms. The Morgan fingerprint density at radius 2 is 1.60 bits per heavy atom. The van der Waals surface area contributed by atoms with Crippen LogP contribution in [0.5, 0.6) is 17.2 Å². The molecule has 0 fully saturated rings. The maximum absolute atomic E-state index is 11.2. The molecule has 0 saturated carbocycles. The smallest absolute Gasteiger partial charge is 0.294 e. The lowest BCUT2D eigenvalue weighted by atomic mass is 10.1. The molecule has 0 atom stereocenters. The molecule has 2 aromatic carbocycles. The third kappa shape index (κ3) is 6.40. The number of phenols is 1. The molecule has 0 amide bonds. The molecule has 0 bridgehead atoms. The van der Waals surface area contributed by atoms with Gasteiger partial charge >= 0.3 is 0 Å². The van der Waals surface area contributed by atoms with Crippen LogP contribution in [0.1, 0.15) is 44.6 Å². The van der Waals surface area contributed by atoms with Gasteiger partial charge in [0.2, 0.25) is 0 Å². The van der Waals surface area contributed by atoms with E-state index in [0.717, 1.165) is 25.0 Å². The van der Waals surface area contributed by atoms with Crippen LogP contribution in [0, 0.1) is 0 Å². The summed E-state index contributed by atoms with van der Waals surface area (Å²) < 4.78 is 37.0. The van der Waals surface area contributed by atoms with Gasteiger partial charge in [-0.2, -0.15) is 8.42 Å². The normalized spacial score (nSPS) is 11.4. The highest BCUT2D eigenvalue weighted by Crippen LogP contribution is 2.29. The molecule has 0 aliphatic carbocycles. The Balaban J connectivity index is 1.98. The van der Waals surface area contributed by atoms with Gasteiger partial charge in [0.15, 0.2) is 0 Å². The van der Waals surface area contributed by atoms with Gasteiger partial charge in [-0.05, 0) is 30.5 Å². The highest BCUT2D eigenvalue weighted by atomic mass is 32.2. The molecule has 2 aromatic rings. The number of hydrogen-bond donors (Lipinski definition) is 2. The molecular weight excluding hydrogens is 340 g/mol. The maximum atomic E-state index is 11.2. The molecule has 0 spiro atoms. The zero-order valence-corrected chi connectivity index (χ0v) is 15.1. The number of rotatable bonds is 9. The minimum atomic E-state index is -4.40. The predicted molar refractivity (Wildman–Crippen MR) is 96.9 cm³/mol. The minimum absolute atomic E-state index is 0.139. The number of hydrogen-bond acceptors (Lipinski definition) is 4. The second-order valence-corrected chi connectivity index (χ2v) is 7.47. The number of aryl methyl sites for hydroxylation is 1. The van der Waals surface area contributed by atoms with E-state index < -0.39 is 15.0 Å². The molecular formula is C19H24O5S. The van der Waals surface area contributed by atoms with Crippen LogP contribution in [0.15, 0.2) is 47.4 Å². The molecule has 0 unspecified atom stereocenters. The van der Waals surface area contributed by atoms with Gasteiger partial charge in [-0.15, -0.1) is 0 Å². The van der Waals surface area contributed by atoms with Crippen LogP contribution in [-0.2, 0) is 16.5 Å². The van der Waals surface area contributed by atoms with Crippen molar-refractivity contribution in [1.82, 2.24) is 0 Å². The fraction of sp³-hybridized carbons (Fsp3) is 0.368. The van der Waals surface area contributed by atoms with Crippen molar-refractivity contribution in [2.75, 3.05) is 0 Å². The molecule has 0 aromatic heterocycles. The van der Waals surface area contributed by atoms with Crippen LogP contribution in [0.2, 0.25) is 0 Å². The molecule has 2 rings (SSSR count). The summed E-state index contributed by atoms with van der Waals surface area (Å²) in [5, 5.41) is 9.58. The van der Waals surface area contributed by atoms with Crippen LogP contribution >= 0.6 is 0 Å². The third-order valence-corrected chi connectivity index (χ3v) is 4.72. The third-order valence-electron chi connectivity index (χ3n) is 3.89. The van der Waals surface area contributed by atoms with Crippen molar-refractivity contribution in [3.63, 3.8) is 0 Å². The summed E-state index contributed by atoms with van der Waals surface area (Å²) in [6.07, 6.45) is 7.19. The summed E-state index contributed by atoms with van der Waals surface area (Å²) in [7, 11) is -4.40. The standard InChI is InChI=1S/C19H24O5S/c1-2-3-4-5-6-7-15-8-10-17(11-9-15)24-18-12-16(20)13-19(14-18)25(21,22)23/h8-14,20H,2-7H2,1H3,(H,21,22,23). The second kappa shape index (κ2) is 8.87. The monoisotopic (exact) mass is 364 g/mol. The van der Waals surface area contributed by atoms with Crippen molar-refractivity contribution in [3.8, 4) is 17.2 Å². The van der Waals surface area contributed by atoms with E-state index in [0.29, 0.717) is 5.75 Å². The van der Waals surface area contributed by atoms with Crippen LogP contribution < -0.4 is 4.74 Å². The van der Waals surface area contributed by atoms with E-state index in [1.807, 2.05) is 12.1 Å². The molecule has 0 radical (unpaired) electrons. The number of phenolic OH excluding ortho intramolecular Hbond substituents is 1. The zero-order valence-electron chi connectivity index (χ0n) is 14.3. The Labute approximate surface area is 149 Å². The average molecular weight is 364 g/mol. The Kier molecular flexibility index (Phi) is 6.84. The van der Waals surface area contributed by atoms with Crippen LogP contribution in [0.4, 0.5) is 0 Å². The van der Waals surface area contributed by atoms with Gasteiger partial charge in [0.25, 0.3) is 10.1 Å². The Morgan fingerprint density at radius 3 is 2.24 bits per heavy atom. The molecule has 0 aliphatic heterocycles. The van der Waals surface area contributed by atoms with Crippen LogP contribution in [0.25, 0.3) is 0 Å². The molecule has 136 valence electrons. The SMILES string of the molecule is CCCCCCCc1ccc(Oc2cc(O)cc(S(=O)(=O)O)c2)cc1. The van der Waals surface area contributed by atoms with E-state index >= 15 is 0 Å². The summed E-state index contributed by atoms with van der Waals surface area (Å²) in [5.41, 5.74) is 1.22. The summed E-state index contributed by atoms with van der Waals surface area (Å²) in [6, 6.07) is 11.0. The van der Waals surface area contributed by atoms with E-state index in [-0.39, 0.29) is 11.5 Å². The molecule has 0 aliphatic rings. The highest BCUT2D eigenvalue weighted by Gasteiger charge is 2.13. The lowest BCUT2D eigenvalue weighted by molar-refractivity contribution is 0.447. The highest BCUT2D eigenvalue weighted by molar-refractivity contribution is 7.85. The van der Waals surface area contributed by atoms with Gasteiger partial charge in [0, 0.05) is 18.2 Å². The van der Waals surface area contributed by atoms with Crippen molar-refractivity contribution in [3.05, 3.63) is 48.0 Å². The van der Waals surface area contributed by atoms with Crippen molar-refractivity contribution < 1.29 is 22.8 Å². The van der Waals surface area contributed by atoms with Gasteiger partial charge in [-0.1, -0.05) is 44.7 Å². The second-order valence-electron chi connectivity index (χ2n) is 6.05. The molecule has 5 nitrogen and oxygen atoms in total. The van der Waals surface area contributed by atoms with Gasteiger partial charge in [0.1, 0.15) is 22.1 Å². The number of ether oxygens (including phenoxy) is 1. The summed E-state index contributed by atoms with van der Waals surface area (Å²) >= 11 is 0. The van der Waals surface area contributed by atoms with Gasteiger partial charge in [0.05, 0.1) is 0 Å². The lowest BCUT2D eigenvalue weighted by Crippen LogP contribution is -1.98. The Hall–Kier alpha value is -2.05. The van der Waals surface area contributed by atoms with Crippen molar-refractivity contribution in [2.45, 2.75) is 50.3 Å².